The lowest BCUT2D eigenvalue weighted by atomic mass is 9.80. The van der Waals surface area contributed by atoms with E-state index in [9.17, 15) is 9.59 Å². The van der Waals surface area contributed by atoms with Gasteiger partial charge in [-0.05, 0) is 25.7 Å². The lowest BCUT2D eigenvalue weighted by Gasteiger charge is -2.28. The molecule has 27 heavy (non-hydrogen) atoms. The van der Waals surface area contributed by atoms with Gasteiger partial charge in [-0.25, -0.2) is 0 Å². The molecule has 1 aliphatic rings. The minimum absolute atomic E-state index is 0.337. The van der Waals surface area contributed by atoms with Crippen molar-refractivity contribution in [3.63, 3.8) is 0 Å². The van der Waals surface area contributed by atoms with E-state index in [0.29, 0.717) is 26.1 Å². The molecule has 0 saturated heterocycles. The van der Waals surface area contributed by atoms with Gasteiger partial charge in [-0.1, -0.05) is 90.9 Å². The fourth-order valence-electron chi connectivity index (χ4n) is 3.84. The highest BCUT2D eigenvalue weighted by atomic mass is 16.6. The Bertz CT molecular complexity index is 367. The van der Waals surface area contributed by atoms with Crippen molar-refractivity contribution in [3.05, 3.63) is 0 Å². The van der Waals surface area contributed by atoms with Crippen LogP contribution in [-0.4, -0.2) is 25.2 Å². The van der Waals surface area contributed by atoms with Gasteiger partial charge < -0.3 is 9.47 Å². The van der Waals surface area contributed by atoms with Gasteiger partial charge in [-0.15, -0.1) is 0 Å². The number of unbranched alkanes of at least 4 members (excludes halogenated alkanes) is 8. The molecular weight excluding hydrogens is 340 g/mol. The Labute approximate surface area is 166 Å². The van der Waals surface area contributed by atoms with Gasteiger partial charge in [0.05, 0.1) is 13.2 Å². The molecule has 0 aromatic heterocycles. The largest absolute Gasteiger partial charge is 0.465 e. The van der Waals surface area contributed by atoms with Crippen LogP contribution in [0, 0.1) is 5.41 Å². The Hall–Kier alpha value is -1.06. The monoisotopic (exact) mass is 382 g/mol. The number of hydrogen-bond acceptors (Lipinski definition) is 4. The summed E-state index contributed by atoms with van der Waals surface area (Å²) in [5.74, 6) is -0.674. The molecule has 0 heterocycles. The Kier molecular flexibility index (Phi) is 13.3. The van der Waals surface area contributed by atoms with E-state index in [1.165, 1.54) is 38.5 Å². The summed E-state index contributed by atoms with van der Waals surface area (Å²) in [7, 11) is 0. The quantitative estimate of drug-likeness (QED) is 0.152. The zero-order chi connectivity index (χ0) is 19.8. The number of hydrogen-bond donors (Lipinski definition) is 0. The molecule has 0 atom stereocenters. The van der Waals surface area contributed by atoms with Crippen LogP contribution in [0.4, 0.5) is 0 Å². The number of rotatable bonds is 14. The number of carbonyl (C=O) groups excluding carboxylic acids is 2. The van der Waals surface area contributed by atoms with Crippen LogP contribution in [-0.2, 0) is 19.1 Å². The molecule has 0 bridgehead atoms. The fraction of sp³-hybridized carbons (Fsp3) is 0.913. The van der Waals surface area contributed by atoms with E-state index in [2.05, 4.69) is 13.8 Å². The second-order valence-corrected chi connectivity index (χ2v) is 8.10. The molecule has 158 valence electrons. The summed E-state index contributed by atoms with van der Waals surface area (Å²) >= 11 is 0. The molecular formula is C23H42O4. The lowest BCUT2D eigenvalue weighted by molar-refractivity contribution is -0.174. The first-order valence-electron chi connectivity index (χ1n) is 11.5. The van der Waals surface area contributed by atoms with E-state index in [1.54, 1.807) is 0 Å². The van der Waals surface area contributed by atoms with Gasteiger partial charge >= 0.3 is 11.9 Å². The van der Waals surface area contributed by atoms with Crippen molar-refractivity contribution in [2.45, 2.75) is 117 Å². The van der Waals surface area contributed by atoms with Crippen LogP contribution in [0.25, 0.3) is 0 Å². The van der Waals surface area contributed by atoms with Gasteiger partial charge in [0.2, 0.25) is 0 Å². The van der Waals surface area contributed by atoms with Crippen LogP contribution in [0.3, 0.4) is 0 Å². The fourth-order valence-corrected chi connectivity index (χ4v) is 3.84. The van der Waals surface area contributed by atoms with Crippen molar-refractivity contribution in [2.24, 2.45) is 5.41 Å². The zero-order valence-electron chi connectivity index (χ0n) is 17.9. The predicted octanol–water partition coefficient (Wildman–Crippen LogP) is 6.35. The van der Waals surface area contributed by atoms with Crippen LogP contribution in [0.15, 0.2) is 0 Å². The Balaban J connectivity index is 2.49. The Morgan fingerprint density at radius 2 is 1.04 bits per heavy atom. The minimum atomic E-state index is -1.05. The molecule has 1 aliphatic carbocycles. The maximum absolute atomic E-state index is 12.9. The van der Waals surface area contributed by atoms with Crippen molar-refractivity contribution in [1.29, 1.82) is 0 Å². The summed E-state index contributed by atoms with van der Waals surface area (Å²) in [4.78, 5) is 25.7. The van der Waals surface area contributed by atoms with Gasteiger partial charge in [-0.2, -0.15) is 0 Å². The van der Waals surface area contributed by atoms with Gasteiger partial charge in [0, 0.05) is 0 Å². The molecule has 0 aromatic rings. The van der Waals surface area contributed by atoms with Gasteiger partial charge in [-0.3, -0.25) is 9.59 Å². The van der Waals surface area contributed by atoms with E-state index >= 15 is 0 Å². The zero-order valence-corrected chi connectivity index (χ0v) is 17.9. The second-order valence-electron chi connectivity index (χ2n) is 8.10. The summed E-state index contributed by atoms with van der Waals surface area (Å²) < 4.78 is 11.1. The van der Waals surface area contributed by atoms with E-state index in [1.807, 2.05) is 0 Å². The maximum Gasteiger partial charge on any atom is 0.323 e. The van der Waals surface area contributed by atoms with E-state index in [4.69, 9.17) is 9.47 Å². The molecule has 0 aliphatic heterocycles. The molecule has 4 nitrogen and oxygen atoms in total. The smallest absolute Gasteiger partial charge is 0.323 e. The van der Waals surface area contributed by atoms with E-state index in [-0.39, 0.29) is 11.9 Å². The van der Waals surface area contributed by atoms with Gasteiger partial charge in [0.1, 0.15) is 0 Å². The van der Waals surface area contributed by atoms with Crippen LogP contribution < -0.4 is 0 Å². The summed E-state index contributed by atoms with van der Waals surface area (Å²) in [6, 6.07) is 0. The third-order valence-corrected chi connectivity index (χ3v) is 5.70. The summed E-state index contributed by atoms with van der Waals surface area (Å²) in [6.45, 7) is 5.22. The highest BCUT2D eigenvalue weighted by Gasteiger charge is 2.48. The molecule has 1 saturated carbocycles. The molecule has 0 amide bonds. The molecule has 0 spiro atoms. The first kappa shape index (κ1) is 24.0. The molecule has 0 aromatic carbocycles. The molecule has 0 N–H and O–H groups in total. The first-order chi connectivity index (χ1) is 13.2. The summed E-state index contributed by atoms with van der Waals surface area (Å²) in [5.41, 5.74) is -1.05. The molecule has 0 radical (unpaired) electrons. The third-order valence-electron chi connectivity index (χ3n) is 5.70. The average molecular weight is 383 g/mol. The van der Waals surface area contributed by atoms with Crippen molar-refractivity contribution in [3.8, 4) is 0 Å². The number of esters is 2. The third kappa shape index (κ3) is 9.12. The van der Waals surface area contributed by atoms with Crippen LogP contribution >= 0.6 is 0 Å². The van der Waals surface area contributed by atoms with Crippen LogP contribution in [0.2, 0.25) is 0 Å². The molecule has 0 unspecified atom stereocenters. The van der Waals surface area contributed by atoms with Crippen molar-refractivity contribution < 1.29 is 19.1 Å². The molecule has 1 fully saturated rings. The molecule has 4 heteroatoms. The highest BCUT2D eigenvalue weighted by Crippen LogP contribution is 2.38. The lowest BCUT2D eigenvalue weighted by Crippen LogP contribution is -2.42. The normalized spacial score (nSPS) is 16.5. The van der Waals surface area contributed by atoms with Gasteiger partial charge in [0.15, 0.2) is 5.41 Å². The Morgan fingerprint density at radius 3 is 1.44 bits per heavy atom. The van der Waals surface area contributed by atoms with E-state index in [0.717, 1.165) is 51.4 Å². The summed E-state index contributed by atoms with van der Waals surface area (Å²) in [5, 5.41) is 0. The minimum Gasteiger partial charge on any atom is -0.465 e. The summed E-state index contributed by atoms with van der Waals surface area (Å²) in [6.07, 6.45) is 16.3. The SMILES string of the molecule is CCCCCCCOC(=O)C1(C(=O)OCCCCCCC)CCCCCC1. The highest BCUT2D eigenvalue weighted by molar-refractivity contribution is 6.00. The van der Waals surface area contributed by atoms with Crippen LogP contribution in [0.1, 0.15) is 117 Å². The number of ether oxygens (including phenoxy) is 2. The first-order valence-corrected chi connectivity index (χ1v) is 11.5. The van der Waals surface area contributed by atoms with Crippen molar-refractivity contribution >= 4 is 11.9 Å². The predicted molar refractivity (Wildman–Crippen MR) is 110 cm³/mol. The second kappa shape index (κ2) is 14.9. The average Bonchev–Trinajstić information content (AvgIpc) is 2.94. The maximum atomic E-state index is 12.9. The van der Waals surface area contributed by atoms with Gasteiger partial charge in [0.25, 0.3) is 0 Å². The topological polar surface area (TPSA) is 52.6 Å². The van der Waals surface area contributed by atoms with Crippen molar-refractivity contribution in [2.75, 3.05) is 13.2 Å². The Morgan fingerprint density at radius 1 is 0.630 bits per heavy atom. The van der Waals surface area contributed by atoms with Crippen LogP contribution in [0.5, 0.6) is 0 Å². The number of carbonyl (C=O) groups is 2. The van der Waals surface area contributed by atoms with Crippen molar-refractivity contribution in [1.82, 2.24) is 0 Å². The molecule has 1 rings (SSSR count). The standard InChI is InChI=1S/C23H42O4/c1-3-5-7-11-15-19-26-21(24)23(17-13-9-10-14-18-23)22(25)27-20-16-12-8-6-4-2/h3-20H2,1-2H3. The van der Waals surface area contributed by atoms with E-state index < -0.39 is 5.41 Å².